The molecule has 0 unspecified atom stereocenters. The fourth-order valence-electron chi connectivity index (χ4n) is 1.56. The smallest absolute Gasteiger partial charge is 0.208 e. The van der Waals surface area contributed by atoms with Gasteiger partial charge in [-0.3, -0.25) is 5.41 Å². The van der Waals surface area contributed by atoms with Gasteiger partial charge in [-0.2, -0.15) is 5.10 Å². The minimum atomic E-state index is -0.0845. The standard InChI is InChI=1S/C13H19Br2N5.ClH/c1-19(13(16)17)18-10-11-2-4-12(5-3-11)20(8-6-14)9-7-15;/h2-5,10H,6-9H2,1H3,(H3,16,17);1H/b18-10+;. The van der Waals surface area contributed by atoms with Gasteiger partial charge in [0.25, 0.3) is 0 Å². The Morgan fingerprint density at radius 2 is 1.76 bits per heavy atom. The number of rotatable bonds is 7. The molecule has 0 aliphatic heterocycles. The predicted molar refractivity (Wildman–Crippen MR) is 101 cm³/mol. The quantitative estimate of drug-likeness (QED) is 0.296. The fourth-order valence-corrected chi connectivity index (χ4v) is 2.42. The number of nitrogens with zero attached hydrogens (tertiary/aromatic N) is 3. The third-order valence-electron chi connectivity index (χ3n) is 2.70. The van der Waals surface area contributed by atoms with Crippen molar-refractivity contribution < 1.29 is 0 Å². The lowest BCUT2D eigenvalue weighted by Gasteiger charge is -2.23. The Morgan fingerprint density at radius 1 is 1.24 bits per heavy atom. The normalized spacial score (nSPS) is 10.2. The zero-order valence-electron chi connectivity index (χ0n) is 11.8. The van der Waals surface area contributed by atoms with Crippen molar-refractivity contribution in [3.8, 4) is 0 Å². The molecule has 0 fully saturated rings. The number of hydrogen-bond acceptors (Lipinski definition) is 3. The van der Waals surface area contributed by atoms with E-state index < -0.39 is 0 Å². The Balaban J connectivity index is 0.00000400. The molecule has 0 aliphatic carbocycles. The molecule has 0 aliphatic rings. The Bertz CT molecular complexity index is 446. The Labute approximate surface area is 148 Å². The summed E-state index contributed by atoms with van der Waals surface area (Å²) in [5.74, 6) is -0.0845. The second kappa shape index (κ2) is 10.9. The lowest BCUT2D eigenvalue weighted by molar-refractivity contribution is 0.536. The first-order valence-corrected chi connectivity index (χ1v) is 8.41. The Morgan fingerprint density at radius 3 is 2.19 bits per heavy atom. The van der Waals surface area contributed by atoms with Gasteiger partial charge >= 0.3 is 0 Å². The lowest BCUT2D eigenvalue weighted by atomic mass is 10.2. The summed E-state index contributed by atoms with van der Waals surface area (Å²) in [7, 11) is 1.64. The maximum Gasteiger partial charge on any atom is 0.208 e. The summed E-state index contributed by atoms with van der Waals surface area (Å²) < 4.78 is 0. The third kappa shape index (κ3) is 7.15. The van der Waals surface area contributed by atoms with Crippen LogP contribution in [0.2, 0.25) is 0 Å². The van der Waals surface area contributed by atoms with Crippen LogP contribution in [0.5, 0.6) is 0 Å². The van der Waals surface area contributed by atoms with Crippen LogP contribution in [0, 0.1) is 5.41 Å². The zero-order chi connectivity index (χ0) is 15.0. The summed E-state index contributed by atoms with van der Waals surface area (Å²) in [6, 6.07) is 8.14. The molecule has 118 valence electrons. The highest BCUT2D eigenvalue weighted by Crippen LogP contribution is 2.15. The van der Waals surface area contributed by atoms with Gasteiger partial charge in [-0.05, 0) is 17.7 Å². The number of guanidine groups is 1. The molecule has 0 atom stereocenters. The molecule has 0 radical (unpaired) electrons. The molecule has 5 nitrogen and oxygen atoms in total. The maximum absolute atomic E-state index is 7.22. The molecule has 1 aromatic rings. The van der Waals surface area contributed by atoms with Gasteiger partial charge < -0.3 is 10.6 Å². The highest BCUT2D eigenvalue weighted by atomic mass is 79.9. The van der Waals surface area contributed by atoms with Crippen LogP contribution in [0.15, 0.2) is 29.4 Å². The molecule has 0 bridgehead atoms. The van der Waals surface area contributed by atoms with Crippen molar-refractivity contribution in [1.82, 2.24) is 5.01 Å². The Kier molecular flexibility index (Phi) is 10.5. The summed E-state index contributed by atoms with van der Waals surface area (Å²) in [5.41, 5.74) is 7.46. The van der Waals surface area contributed by atoms with Crippen molar-refractivity contribution in [2.75, 3.05) is 35.7 Å². The topological polar surface area (TPSA) is 68.7 Å². The summed E-state index contributed by atoms with van der Waals surface area (Å²) in [4.78, 5) is 2.30. The molecule has 0 amide bonds. The van der Waals surface area contributed by atoms with Crippen molar-refractivity contribution in [3.05, 3.63) is 29.8 Å². The second-order valence-electron chi connectivity index (χ2n) is 4.11. The van der Waals surface area contributed by atoms with E-state index in [1.165, 1.54) is 10.7 Å². The maximum atomic E-state index is 7.22. The fraction of sp³-hybridized carbons (Fsp3) is 0.385. The second-order valence-corrected chi connectivity index (χ2v) is 5.70. The van der Waals surface area contributed by atoms with Crippen LogP contribution in [0.1, 0.15) is 5.56 Å². The summed E-state index contributed by atoms with van der Waals surface area (Å²) in [6.45, 7) is 1.93. The highest BCUT2D eigenvalue weighted by molar-refractivity contribution is 9.09. The number of hydrazone groups is 1. The minimum Gasteiger partial charge on any atom is -0.370 e. The van der Waals surface area contributed by atoms with Gasteiger partial charge in [0.05, 0.1) is 6.21 Å². The first-order valence-electron chi connectivity index (χ1n) is 6.17. The number of nitrogens with one attached hydrogen (secondary N) is 1. The average molecular weight is 442 g/mol. The predicted octanol–water partition coefficient (Wildman–Crippen LogP) is 2.86. The molecule has 0 aromatic heterocycles. The SMILES string of the molecule is CN(/N=C/c1ccc(N(CCBr)CCBr)cc1)C(=N)N.Cl. The van der Waals surface area contributed by atoms with Crippen LogP contribution in [0.3, 0.4) is 0 Å². The van der Waals surface area contributed by atoms with E-state index in [1.807, 2.05) is 12.1 Å². The van der Waals surface area contributed by atoms with E-state index in [1.54, 1.807) is 13.3 Å². The summed E-state index contributed by atoms with van der Waals surface area (Å²) in [6.07, 6.45) is 1.69. The van der Waals surface area contributed by atoms with Gasteiger partial charge in [0, 0.05) is 36.5 Å². The number of halogens is 3. The van der Waals surface area contributed by atoms with Crippen LogP contribution in [-0.2, 0) is 0 Å². The lowest BCUT2D eigenvalue weighted by Crippen LogP contribution is -2.28. The number of benzene rings is 1. The highest BCUT2D eigenvalue weighted by Gasteiger charge is 2.04. The van der Waals surface area contributed by atoms with Crippen molar-refractivity contribution in [2.24, 2.45) is 10.8 Å². The number of alkyl halides is 2. The summed E-state index contributed by atoms with van der Waals surface area (Å²) in [5, 5.41) is 14.5. The average Bonchev–Trinajstić information content (AvgIpc) is 2.45. The largest absolute Gasteiger partial charge is 0.370 e. The van der Waals surface area contributed by atoms with E-state index in [2.05, 4.69) is 54.0 Å². The van der Waals surface area contributed by atoms with E-state index in [9.17, 15) is 0 Å². The number of nitrogens with two attached hydrogens (primary N) is 1. The van der Waals surface area contributed by atoms with Crippen molar-refractivity contribution in [3.63, 3.8) is 0 Å². The third-order valence-corrected chi connectivity index (χ3v) is 3.41. The van der Waals surface area contributed by atoms with Gasteiger partial charge in [-0.15, -0.1) is 12.4 Å². The van der Waals surface area contributed by atoms with E-state index >= 15 is 0 Å². The summed E-state index contributed by atoms with van der Waals surface area (Å²) >= 11 is 6.94. The van der Waals surface area contributed by atoms with Crippen LogP contribution >= 0.6 is 44.3 Å². The van der Waals surface area contributed by atoms with Crippen molar-refractivity contribution >= 4 is 62.1 Å². The molecule has 8 heteroatoms. The number of hydrogen-bond donors (Lipinski definition) is 2. The van der Waals surface area contributed by atoms with Crippen LogP contribution in [-0.4, -0.2) is 48.0 Å². The number of anilines is 1. The first kappa shape index (κ1) is 20.2. The molecular weight excluding hydrogens is 421 g/mol. The van der Waals surface area contributed by atoms with Crippen LogP contribution in [0.4, 0.5) is 5.69 Å². The van der Waals surface area contributed by atoms with E-state index in [4.69, 9.17) is 11.1 Å². The van der Waals surface area contributed by atoms with Gasteiger partial charge in [0.15, 0.2) is 0 Å². The van der Waals surface area contributed by atoms with Crippen LogP contribution < -0.4 is 10.6 Å². The first-order chi connectivity index (χ1) is 9.58. The molecule has 3 N–H and O–H groups in total. The molecule has 0 spiro atoms. The van der Waals surface area contributed by atoms with E-state index in [0.29, 0.717) is 0 Å². The minimum absolute atomic E-state index is 0. The van der Waals surface area contributed by atoms with Crippen LogP contribution in [0.25, 0.3) is 0 Å². The molecule has 0 heterocycles. The zero-order valence-corrected chi connectivity index (χ0v) is 15.8. The van der Waals surface area contributed by atoms with E-state index in [-0.39, 0.29) is 18.4 Å². The van der Waals surface area contributed by atoms with Gasteiger partial charge in [0.2, 0.25) is 5.96 Å². The van der Waals surface area contributed by atoms with Crippen molar-refractivity contribution in [2.45, 2.75) is 0 Å². The van der Waals surface area contributed by atoms with E-state index in [0.717, 1.165) is 29.3 Å². The van der Waals surface area contributed by atoms with Gasteiger partial charge in [-0.25, -0.2) is 5.01 Å². The molecule has 21 heavy (non-hydrogen) atoms. The molecule has 0 saturated heterocycles. The monoisotopic (exact) mass is 439 g/mol. The van der Waals surface area contributed by atoms with Gasteiger partial charge in [0.1, 0.15) is 0 Å². The molecular formula is C13H20Br2ClN5. The van der Waals surface area contributed by atoms with Crippen molar-refractivity contribution in [1.29, 1.82) is 5.41 Å². The molecule has 0 saturated carbocycles. The molecule has 1 rings (SSSR count). The molecule has 1 aromatic carbocycles. The van der Waals surface area contributed by atoms with Gasteiger partial charge in [-0.1, -0.05) is 44.0 Å². The Hall–Kier alpha value is -0.790.